The number of thioether (sulfide) groups is 1. The Hall–Kier alpha value is -2.09. The first kappa shape index (κ1) is 18.3. The van der Waals surface area contributed by atoms with Crippen LogP contribution in [0.15, 0.2) is 64.4 Å². The van der Waals surface area contributed by atoms with E-state index in [1.807, 2.05) is 36.4 Å². The van der Waals surface area contributed by atoms with E-state index in [0.29, 0.717) is 37.4 Å². The first-order valence-electron chi connectivity index (χ1n) is 8.85. The van der Waals surface area contributed by atoms with Gasteiger partial charge in [-0.2, -0.15) is 4.31 Å². The van der Waals surface area contributed by atoms with Crippen molar-refractivity contribution in [2.24, 2.45) is 0 Å². The van der Waals surface area contributed by atoms with Crippen LogP contribution in [0.3, 0.4) is 0 Å². The van der Waals surface area contributed by atoms with Crippen LogP contribution < -0.4 is 5.32 Å². The van der Waals surface area contributed by atoms with Gasteiger partial charge in [-0.25, -0.2) is 8.42 Å². The minimum atomic E-state index is -3.60. The number of anilines is 1. The summed E-state index contributed by atoms with van der Waals surface area (Å²) in [5.41, 5.74) is 2.90. The minimum absolute atomic E-state index is 0.0794. The van der Waals surface area contributed by atoms with Crippen LogP contribution in [0.4, 0.5) is 5.69 Å². The summed E-state index contributed by atoms with van der Waals surface area (Å²) in [6.07, 6.45) is 3.10. The number of carbonyl (C=O) groups excluding carboxylic acids is 1. The van der Waals surface area contributed by atoms with Crippen molar-refractivity contribution in [1.82, 2.24) is 4.31 Å². The molecule has 0 radical (unpaired) electrons. The van der Waals surface area contributed by atoms with Crippen molar-refractivity contribution in [1.29, 1.82) is 0 Å². The molecule has 0 saturated carbocycles. The number of amides is 1. The van der Waals surface area contributed by atoms with Gasteiger partial charge in [0.25, 0.3) is 0 Å². The molecule has 2 aromatic carbocycles. The molecule has 140 valence electrons. The Bertz CT molecular complexity index is 1000. The lowest BCUT2D eigenvalue weighted by atomic mass is 10.0. The maximum atomic E-state index is 13.1. The lowest BCUT2D eigenvalue weighted by Gasteiger charge is -2.26. The van der Waals surface area contributed by atoms with E-state index in [0.717, 1.165) is 10.5 Å². The van der Waals surface area contributed by atoms with Crippen LogP contribution in [0.2, 0.25) is 0 Å². The Morgan fingerprint density at radius 3 is 2.59 bits per heavy atom. The summed E-state index contributed by atoms with van der Waals surface area (Å²) in [5.74, 6) is 0.619. The monoisotopic (exact) mass is 400 g/mol. The molecule has 0 aliphatic carbocycles. The number of nitrogens with one attached hydrogen (secondary N) is 1. The molecule has 1 amide bonds. The van der Waals surface area contributed by atoms with E-state index in [-0.39, 0.29) is 10.8 Å². The normalized spacial score (nSPS) is 18.2. The number of nitrogens with zero attached hydrogens (tertiary/aromatic N) is 1. The van der Waals surface area contributed by atoms with Crippen LogP contribution in [-0.4, -0.2) is 37.5 Å². The van der Waals surface area contributed by atoms with Gasteiger partial charge in [0.1, 0.15) is 0 Å². The molecule has 0 fully saturated rings. The number of benzene rings is 2. The Labute approximate surface area is 163 Å². The third-order valence-corrected chi connectivity index (χ3v) is 7.70. The highest BCUT2D eigenvalue weighted by molar-refractivity contribution is 7.99. The van der Waals surface area contributed by atoms with E-state index in [1.54, 1.807) is 30.0 Å². The van der Waals surface area contributed by atoms with Gasteiger partial charge in [-0.1, -0.05) is 36.4 Å². The SMILES string of the molecule is O=C1CCSc2ccc(S(=O)(=O)N3CC=C(c4ccccc4)CC3)cc2N1. The molecule has 2 aliphatic rings. The molecular weight excluding hydrogens is 380 g/mol. The van der Waals surface area contributed by atoms with E-state index in [2.05, 4.69) is 5.32 Å². The molecule has 0 aromatic heterocycles. The summed E-state index contributed by atoms with van der Waals surface area (Å²) in [6, 6.07) is 15.0. The minimum Gasteiger partial charge on any atom is -0.325 e. The molecule has 0 spiro atoms. The van der Waals surface area contributed by atoms with Crippen LogP contribution in [0, 0.1) is 0 Å². The zero-order valence-electron chi connectivity index (χ0n) is 14.7. The number of hydrogen-bond donors (Lipinski definition) is 1. The molecule has 2 aliphatic heterocycles. The van der Waals surface area contributed by atoms with E-state index in [9.17, 15) is 13.2 Å². The molecule has 4 rings (SSSR count). The summed E-state index contributed by atoms with van der Waals surface area (Å²) in [7, 11) is -3.60. The van der Waals surface area contributed by atoms with Crippen molar-refractivity contribution in [3.8, 4) is 0 Å². The molecule has 0 atom stereocenters. The largest absolute Gasteiger partial charge is 0.325 e. The standard InChI is InChI=1S/C20H20N2O3S2/c23-20-10-13-26-19-7-6-17(14-18(19)21-20)27(24,25)22-11-8-16(9-12-22)15-4-2-1-3-5-15/h1-8,14H,9-13H2,(H,21,23). The average molecular weight is 401 g/mol. The molecule has 5 nitrogen and oxygen atoms in total. The second-order valence-electron chi connectivity index (χ2n) is 6.51. The molecule has 2 heterocycles. The number of fused-ring (bicyclic) bond motifs is 1. The number of carbonyl (C=O) groups is 1. The Kier molecular flexibility index (Phi) is 5.08. The number of rotatable bonds is 3. The maximum absolute atomic E-state index is 13.1. The molecule has 2 aromatic rings. The second kappa shape index (κ2) is 7.50. The summed E-state index contributed by atoms with van der Waals surface area (Å²) in [6.45, 7) is 0.798. The van der Waals surface area contributed by atoms with E-state index in [4.69, 9.17) is 0 Å². The molecule has 0 saturated heterocycles. The van der Waals surface area contributed by atoms with Gasteiger partial charge in [-0.15, -0.1) is 11.8 Å². The first-order chi connectivity index (χ1) is 13.0. The second-order valence-corrected chi connectivity index (χ2v) is 9.59. The van der Waals surface area contributed by atoms with Crippen LogP contribution in [-0.2, 0) is 14.8 Å². The predicted molar refractivity (Wildman–Crippen MR) is 108 cm³/mol. The van der Waals surface area contributed by atoms with Gasteiger partial charge in [-0.05, 0) is 35.8 Å². The van der Waals surface area contributed by atoms with Crippen LogP contribution in [0.5, 0.6) is 0 Å². The molecular formula is C20H20N2O3S2. The highest BCUT2D eigenvalue weighted by Crippen LogP contribution is 2.34. The van der Waals surface area contributed by atoms with E-state index in [1.165, 1.54) is 9.88 Å². The third-order valence-electron chi connectivity index (χ3n) is 4.77. The van der Waals surface area contributed by atoms with Gasteiger partial charge in [-0.3, -0.25) is 4.79 Å². The van der Waals surface area contributed by atoms with Crippen LogP contribution in [0.25, 0.3) is 5.57 Å². The van der Waals surface area contributed by atoms with Gasteiger partial charge >= 0.3 is 0 Å². The molecule has 0 unspecified atom stereocenters. The zero-order valence-corrected chi connectivity index (χ0v) is 16.4. The van der Waals surface area contributed by atoms with Crippen molar-refractivity contribution in [2.75, 3.05) is 24.2 Å². The van der Waals surface area contributed by atoms with Crippen LogP contribution in [0.1, 0.15) is 18.4 Å². The third kappa shape index (κ3) is 3.81. The average Bonchev–Trinajstić information content (AvgIpc) is 2.88. The van der Waals surface area contributed by atoms with Crippen LogP contribution >= 0.6 is 11.8 Å². The van der Waals surface area contributed by atoms with E-state index >= 15 is 0 Å². The van der Waals surface area contributed by atoms with Crippen molar-refractivity contribution in [3.05, 3.63) is 60.2 Å². The summed E-state index contributed by atoms with van der Waals surface area (Å²) in [4.78, 5) is 12.9. The lowest BCUT2D eigenvalue weighted by Crippen LogP contribution is -2.34. The lowest BCUT2D eigenvalue weighted by molar-refractivity contribution is -0.115. The van der Waals surface area contributed by atoms with Gasteiger partial charge < -0.3 is 5.32 Å². The summed E-state index contributed by atoms with van der Waals surface area (Å²) >= 11 is 1.56. The van der Waals surface area contributed by atoms with Gasteiger partial charge in [0.15, 0.2) is 0 Å². The highest BCUT2D eigenvalue weighted by atomic mass is 32.2. The summed E-state index contributed by atoms with van der Waals surface area (Å²) < 4.78 is 27.6. The molecule has 0 bridgehead atoms. The Morgan fingerprint density at radius 1 is 1.04 bits per heavy atom. The fourth-order valence-electron chi connectivity index (χ4n) is 3.29. The number of sulfonamides is 1. The van der Waals surface area contributed by atoms with Crippen molar-refractivity contribution in [3.63, 3.8) is 0 Å². The topological polar surface area (TPSA) is 66.5 Å². The summed E-state index contributed by atoms with van der Waals surface area (Å²) in [5, 5.41) is 2.81. The van der Waals surface area contributed by atoms with Gasteiger partial charge in [0.2, 0.25) is 15.9 Å². The fraction of sp³-hybridized carbons (Fsp3) is 0.250. The predicted octanol–water partition coefficient (Wildman–Crippen LogP) is 3.60. The zero-order chi connectivity index (χ0) is 18.9. The quantitative estimate of drug-likeness (QED) is 0.855. The highest BCUT2D eigenvalue weighted by Gasteiger charge is 2.27. The van der Waals surface area contributed by atoms with Gasteiger partial charge in [0, 0.05) is 30.2 Å². The van der Waals surface area contributed by atoms with Crippen molar-refractivity contribution in [2.45, 2.75) is 22.6 Å². The van der Waals surface area contributed by atoms with E-state index < -0.39 is 10.0 Å². The van der Waals surface area contributed by atoms with Gasteiger partial charge in [0.05, 0.1) is 10.6 Å². The smallest absolute Gasteiger partial charge is 0.243 e. The maximum Gasteiger partial charge on any atom is 0.243 e. The fourth-order valence-corrected chi connectivity index (χ4v) is 5.64. The Balaban J connectivity index is 1.58. The Morgan fingerprint density at radius 2 is 1.85 bits per heavy atom. The molecule has 27 heavy (non-hydrogen) atoms. The number of hydrogen-bond acceptors (Lipinski definition) is 4. The molecule has 7 heteroatoms. The molecule has 1 N–H and O–H groups in total. The van der Waals surface area contributed by atoms with Crippen molar-refractivity contribution < 1.29 is 13.2 Å². The first-order valence-corrected chi connectivity index (χ1v) is 11.3. The van der Waals surface area contributed by atoms with Crippen molar-refractivity contribution >= 4 is 39.0 Å².